The van der Waals surface area contributed by atoms with E-state index in [9.17, 15) is 4.39 Å². The van der Waals surface area contributed by atoms with E-state index < -0.39 is 0 Å². The first kappa shape index (κ1) is 21.7. The summed E-state index contributed by atoms with van der Waals surface area (Å²) in [6, 6.07) is 6.90. The van der Waals surface area contributed by atoms with Crippen molar-refractivity contribution >= 4 is 5.96 Å². The van der Waals surface area contributed by atoms with Gasteiger partial charge in [0.25, 0.3) is 0 Å². The van der Waals surface area contributed by atoms with Crippen molar-refractivity contribution in [1.82, 2.24) is 24.9 Å². The number of nitrogens with one attached hydrogen (secondary N) is 1. The Morgan fingerprint density at radius 2 is 2.13 bits per heavy atom. The molecule has 0 saturated carbocycles. The maximum Gasteiger partial charge on any atom is 0.193 e. The molecule has 168 valence electrons. The maximum atomic E-state index is 13.9. The first-order chi connectivity index (χ1) is 15.1. The molecular weight excluding hydrogens is 399 g/mol. The average molecular weight is 431 g/mol. The molecule has 31 heavy (non-hydrogen) atoms. The number of hydrogen-bond donors (Lipinski definition) is 1. The number of nitrogens with zero attached hydrogens (tertiary/aromatic N) is 5. The van der Waals surface area contributed by atoms with E-state index in [4.69, 9.17) is 9.47 Å². The Bertz CT molecular complexity index is 882. The van der Waals surface area contributed by atoms with Gasteiger partial charge in [-0.1, -0.05) is 12.1 Å². The van der Waals surface area contributed by atoms with Crippen LogP contribution in [0.3, 0.4) is 0 Å². The molecule has 3 heterocycles. The molecule has 2 unspecified atom stereocenters. The number of aryl methyl sites for hydroxylation is 1. The van der Waals surface area contributed by atoms with Gasteiger partial charge in [0.1, 0.15) is 11.9 Å². The topological polar surface area (TPSA) is 67.2 Å². The number of ether oxygens (including phenoxy) is 2. The van der Waals surface area contributed by atoms with E-state index in [1.807, 2.05) is 25.5 Å². The van der Waals surface area contributed by atoms with Crippen LogP contribution in [0.2, 0.25) is 0 Å². The minimum absolute atomic E-state index is 0.0338. The van der Waals surface area contributed by atoms with Crippen molar-refractivity contribution in [3.63, 3.8) is 0 Å². The van der Waals surface area contributed by atoms with Crippen LogP contribution in [-0.4, -0.2) is 85.1 Å². The Labute approximate surface area is 182 Å². The SMILES string of the molecule is CN=C(NCC(c1cccc(F)c1)N1CCOCC1)N1CCOC(c2cnn(C)c2)C1. The van der Waals surface area contributed by atoms with Crippen LogP contribution in [0.4, 0.5) is 4.39 Å². The molecule has 0 spiro atoms. The molecule has 2 atom stereocenters. The number of halogens is 1. The molecule has 9 heteroatoms. The minimum Gasteiger partial charge on any atom is -0.379 e. The summed E-state index contributed by atoms with van der Waals surface area (Å²) in [7, 11) is 3.70. The fourth-order valence-electron chi connectivity index (χ4n) is 4.23. The Morgan fingerprint density at radius 1 is 1.29 bits per heavy atom. The zero-order valence-electron chi connectivity index (χ0n) is 18.2. The predicted molar refractivity (Wildman–Crippen MR) is 116 cm³/mol. The van der Waals surface area contributed by atoms with Crippen molar-refractivity contribution in [2.24, 2.45) is 12.0 Å². The van der Waals surface area contributed by atoms with Crippen LogP contribution in [-0.2, 0) is 16.5 Å². The highest BCUT2D eigenvalue weighted by Crippen LogP contribution is 2.24. The van der Waals surface area contributed by atoms with Gasteiger partial charge < -0.3 is 19.7 Å². The summed E-state index contributed by atoms with van der Waals surface area (Å²) < 4.78 is 27.2. The Morgan fingerprint density at radius 3 is 2.84 bits per heavy atom. The first-order valence-electron chi connectivity index (χ1n) is 10.8. The van der Waals surface area contributed by atoms with Crippen LogP contribution in [0.25, 0.3) is 0 Å². The summed E-state index contributed by atoms with van der Waals surface area (Å²) in [6.07, 6.45) is 3.80. The van der Waals surface area contributed by atoms with Crippen molar-refractivity contribution < 1.29 is 13.9 Å². The molecule has 8 nitrogen and oxygen atoms in total. The van der Waals surface area contributed by atoms with Crippen molar-refractivity contribution in [2.45, 2.75) is 12.1 Å². The van der Waals surface area contributed by atoms with E-state index >= 15 is 0 Å². The van der Waals surface area contributed by atoms with E-state index in [0.717, 1.165) is 36.7 Å². The predicted octanol–water partition coefficient (Wildman–Crippen LogP) is 1.58. The van der Waals surface area contributed by atoms with Crippen LogP contribution < -0.4 is 5.32 Å². The smallest absolute Gasteiger partial charge is 0.193 e. The van der Waals surface area contributed by atoms with Crippen molar-refractivity contribution in [3.05, 3.63) is 53.6 Å². The lowest BCUT2D eigenvalue weighted by molar-refractivity contribution is -0.00853. The molecule has 0 aliphatic carbocycles. The molecule has 2 aromatic rings. The number of benzene rings is 1. The second-order valence-corrected chi connectivity index (χ2v) is 7.90. The highest BCUT2D eigenvalue weighted by Gasteiger charge is 2.27. The lowest BCUT2D eigenvalue weighted by atomic mass is 10.0. The van der Waals surface area contributed by atoms with Gasteiger partial charge in [-0.3, -0.25) is 14.6 Å². The molecule has 0 radical (unpaired) electrons. The average Bonchev–Trinajstić information content (AvgIpc) is 3.24. The van der Waals surface area contributed by atoms with E-state index in [0.29, 0.717) is 32.9 Å². The first-order valence-corrected chi connectivity index (χ1v) is 10.8. The zero-order valence-corrected chi connectivity index (χ0v) is 18.2. The lowest BCUT2D eigenvalue weighted by Gasteiger charge is -2.38. The lowest BCUT2D eigenvalue weighted by Crippen LogP contribution is -2.50. The Kier molecular flexibility index (Phi) is 7.16. The summed E-state index contributed by atoms with van der Waals surface area (Å²) in [5.41, 5.74) is 2.02. The van der Waals surface area contributed by atoms with Gasteiger partial charge in [0, 0.05) is 52.0 Å². The summed E-state index contributed by atoms with van der Waals surface area (Å²) in [5.74, 6) is 0.611. The molecule has 1 N–H and O–H groups in total. The van der Waals surface area contributed by atoms with Crippen LogP contribution >= 0.6 is 0 Å². The molecular formula is C22H31FN6O2. The monoisotopic (exact) mass is 430 g/mol. The van der Waals surface area contributed by atoms with Crippen molar-refractivity contribution in [2.75, 3.05) is 59.6 Å². The molecule has 2 fully saturated rings. The van der Waals surface area contributed by atoms with Crippen molar-refractivity contribution in [1.29, 1.82) is 0 Å². The normalized spacial score (nSPS) is 21.8. The molecule has 2 aliphatic rings. The fourth-order valence-corrected chi connectivity index (χ4v) is 4.23. The van der Waals surface area contributed by atoms with Crippen molar-refractivity contribution in [3.8, 4) is 0 Å². The highest BCUT2D eigenvalue weighted by atomic mass is 19.1. The number of rotatable bonds is 5. The van der Waals surface area contributed by atoms with Gasteiger partial charge in [-0.2, -0.15) is 5.10 Å². The zero-order chi connectivity index (χ0) is 21.6. The largest absolute Gasteiger partial charge is 0.379 e. The Hall–Kier alpha value is -2.49. The van der Waals surface area contributed by atoms with Gasteiger partial charge in [0.05, 0.1) is 38.6 Å². The highest BCUT2D eigenvalue weighted by molar-refractivity contribution is 5.80. The molecule has 0 amide bonds. The summed E-state index contributed by atoms with van der Waals surface area (Å²) >= 11 is 0. The minimum atomic E-state index is -0.215. The molecule has 4 rings (SSSR count). The quantitative estimate of drug-likeness (QED) is 0.574. The van der Waals surface area contributed by atoms with Crippen LogP contribution in [0.1, 0.15) is 23.3 Å². The van der Waals surface area contributed by atoms with E-state index in [-0.39, 0.29) is 18.0 Å². The number of aliphatic imine (C=N–C) groups is 1. The van der Waals surface area contributed by atoms with Gasteiger partial charge in [-0.15, -0.1) is 0 Å². The number of guanidine groups is 1. The fraction of sp³-hybridized carbons (Fsp3) is 0.545. The summed E-state index contributed by atoms with van der Waals surface area (Å²) in [4.78, 5) is 9.07. The number of morpholine rings is 2. The molecule has 1 aromatic heterocycles. The molecule has 1 aromatic carbocycles. The third kappa shape index (κ3) is 5.41. The third-order valence-electron chi connectivity index (χ3n) is 5.85. The van der Waals surface area contributed by atoms with Gasteiger partial charge >= 0.3 is 0 Å². The molecule has 0 bridgehead atoms. The third-order valence-corrected chi connectivity index (χ3v) is 5.85. The van der Waals surface area contributed by atoms with Gasteiger partial charge in [-0.25, -0.2) is 4.39 Å². The Balaban J connectivity index is 1.44. The second kappa shape index (κ2) is 10.2. The summed E-state index contributed by atoms with van der Waals surface area (Å²) in [6.45, 7) is 5.74. The molecule has 2 saturated heterocycles. The summed E-state index contributed by atoms with van der Waals surface area (Å²) in [5, 5.41) is 7.79. The van der Waals surface area contributed by atoms with Crippen LogP contribution in [0.5, 0.6) is 0 Å². The number of aromatic nitrogens is 2. The van der Waals surface area contributed by atoms with E-state index in [1.165, 1.54) is 6.07 Å². The van der Waals surface area contributed by atoms with E-state index in [1.54, 1.807) is 23.9 Å². The molecule has 2 aliphatic heterocycles. The van der Waals surface area contributed by atoms with Crippen LogP contribution in [0, 0.1) is 5.82 Å². The standard InChI is InChI=1S/C22H31FN6O2/c1-24-22(29-8-11-31-21(16-29)18-13-26-27(2)15-18)25-14-20(28-6-9-30-10-7-28)17-4-3-5-19(23)12-17/h3-5,12-13,15,20-21H,6-11,14,16H2,1-2H3,(H,24,25). The van der Waals surface area contributed by atoms with Gasteiger partial charge in [0.15, 0.2) is 5.96 Å². The van der Waals surface area contributed by atoms with Gasteiger partial charge in [-0.05, 0) is 17.7 Å². The second-order valence-electron chi connectivity index (χ2n) is 7.90. The van der Waals surface area contributed by atoms with E-state index in [2.05, 4.69) is 25.2 Å². The number of hydrogen-bond acceptors (Lipinski definition) is 5. The van der Waals surface area contributed by atoms with Gasteiger partial charge in [0.2, 0.25) is 0 Å². The van der Waals surface area contributed by atoms with Crippen LogP contribution in [0.15, 0.2) is 41.7 Å². The maximum absolute atomic E-state index is 13.9.